The van der Waals surface area contributed by atoms with Gasteiger partial charge in [0.25, 0.3) is 0 Å². The minimum atomic E-state index is 0.598. The van der Waals surface area contributed by atoms with Gasteiger partial charge in [0.15, 0.2) is 10.9 Å². The molecule has 17 heavy (non-hydrogen) atoms. The number of halogens is 1. The minimum absolute atomic E-state index is 0.598. The summed E-state index contributed by atoms with van der Waals surface area (Å²) in [7, 11) is 0. The molecular formula is C11H8BrN3OS. The first kappa shape index (κ1) is 10.7. The maximum Gasteiger partial charge on any atom is 0.184 e. The van der Waals surface area contributed by atoms with Crippen LogP contribution in [-0.4, -0.2) is 10.1 Å². The Balaban J connectivity index is 1.81. The average Bonchev–Trinajstić information content (AvgIpc) is 2.94. The van der Waals surface area contributed by atoms with Gasteiger partial charge in [-0.15, -0.1) is 0 Å². The SMILES string of the molecule is Brc1ccc2sc(NCc3ccno3)nc2c1. The van der Waals surface area contributed by atoms with E-state index in [1.54, 1.807) is 17.5 Å². The predicted molar refractivity (Wildman–Crippen MR) is 71.1 cm³/mol. The van der Waals surface area contributed by atoms with Crippen molar-refractivity contribution >= 4 is 42.6 Å². The van der Waals surface area contributed by atoms with Crippen LogP contribution in [0.15, 0.2) is 39.5 Å². The van der Waals surface area contributed by atoms with E-state index in [1.165, 1.54) is 0 Å². The topological polar surface area (TPSA) is 51.0 Å². The number of benzene rings is 1. The van der Waals surface area contributed by atoms with Crippen molar-refractivity contribution < 1.29 is 4.52 Å². The van der Waals surface area contributed by atoms with Crippen LogP contribution in [0.4, 0.5) is 5.13 Å². The zero-order valence-corrected chi connectivity index (χ0v) is 11.1. The van der Waals surface area contributed by atoms with Crippen molar-refractivity contribution in [3.63, 3.8) is 0 Å². The molecular weight excluding hydrogens is 302 g/mol. The maximum absolute atomic E-state index is 5.01. The van der Waals surface area contributed by atoms with E-state index in [9.17, 15) is 0 Å². The molecule has 0 aliphatic rings. The first-order valence-corrected chi connectivity index (χ1v) is 6.62. The van der Waals surface area contributed by atoms with Crippen LogP contribution in [-0.2, 0) is 6.54 Å². The van der Waals surface area contributed by atoms with Gasteiger partial charge in [-0.3, -0.25) is 0 Å². The van der Waals surface area contributed by atoms with E-state index in [4.69, 9.17) is 4.52 Å². The molecule has 0 amide bonds. The van der Waals surface area contributed by atoms with Gasteiger partial charge in [-0.1, -0.05) is 32.4 Å². The predicted octanol–water partition coefficient (Wildman–Crippen LogP) is 3.66. The summed E-state index contributed by atoms with van der Waals surface area (Å²) in [5, 5.41) is 7.75. The van der Waals surface area contributed by atoms with Gasteiger partial charge >= 0.3 is 0 Å². The lowest BCUT2D eigenvalue weighted by Gasteiger charge is -1.96. The van der Waals surface area contributed by atoms with Gasteiger partial charge in [0.05, 0.1) is 23.0 Å². The lowest BCUT2D eigenvalue weighted by Crippen LogP contribution is -1.96. The van der Waals surface area contributed by atoms with E-state index in [2.05, 4.69) is 37.5 Å². The number of fused-ring (bicyclic) bond motifs is 1. The van der Waals surface area contributed by atoms with E-state index in [0.717, 1.165) is 25.6 Å². The largest absolute Gasteiger partial charge is 0.360 e. The van der Waals surface area contributed by atoms with E-state index >= 15 is 0 Å². The molecule has 2 aromatic heterocycles. The molecule has 86 valence electrons. The second-order valence-corrected chi connectivity index (χ2v) is 5.41. The highest BCUT2D eigenvalue weighted by atomic mass is 79.9. The standard InChI is InChI=1S/C11H8BrN3OS/c12-7-1-2-10-9(5-7)15-11(17-10)13-6-8-3-4-14-16-8/h1-5H,6H2,(H,13,15). The van der Waals surface area contributed by atoms with E-state index in [0.29, 0.717) is 6.54 Å². The number of rotatable bonds is 3. The fourth-order valence-corrected chi connectivity index (χ4v) is 2.66. The Morgan fingerprint density at radius 3 is 3.12 bits per heavy atom. The first-order valence-electron chi connectivity index (χ1n) is 5.01. The van der Waals surface area contributed by atoms with Gasteiger partial charge in [0.1, 0.15) is 0 Å². The highest BCUT2D eigenvalue weighted by molar-refractivity contribution is 9.10. The quantitative estimate of drug-likeness (QED) is 0.802. The molecule has 2 heterocycles. The molecule has 0 radical (unpaired) electrons. The van der Waals surface area contributed by atoms with Crippen molar-refractivity contribution in [1.82, 2.24) is 10.1 Å². The Hall–Kier alpha value is -1.40. The number of nitrogens with zero attached hydrogens (tertiary/aromatic N) is 2. The summed E-state index contributed by atoms with van der Waals surface area (Å²) in [6.07, 6.45) is 1.63. The Bertz CT molecular complexity index is 635. The lowest BCUT2D eigenvalue weighted by atomic mass is 10.3. The molecule has 0 spiro atoms. The molecule has 1 N–H and O–H groups in total. The molecule has 1 aromatic carbocycles. The van der Waals surface area contributed by atoms with Crippen molar-refractivity contribution in [2.24, 2.45) is 0 Å². The van der Waals surface area contributed by atoms with Crippen molar-refractivity contribution in [2.75, 3.05) is 5.32 Å². The van der Waals surface area contributed by atoms with Crippen LogP contribution in [0.5, 0.6) is 0 Å². The average molecular weight is 310 g/mol. The molecule has 0 bridgehead atoms. The summed E-state index contributed by atoms with van der Waals surface area (Å²) in [5.41, 5.74) is 0.990. The maximum atomic E-state index is 5.01. The number of hydrogen-bond donors (Lipinski definition) is 1. The molecule has 0 saturated heterocycles. The molecule has 0 saturated carbocycles. The minimum Gasteiger partial charge on any atom is -0.360 e. The fourth-order valence-electron chi connectivity index (χ4n) is 1.47. The van der Waals surface area contributed by atoms with Crippen LogP contribution in [0.1, 0.15) is 5.76 Å². The number of thiazole rings is 1. The van der Waals surface area contributed by atoms with Gasteiger partial charge in [0.2, 0.25) is 0 Å². The van der Waals surface area contributed by atoms with Gasteiger partial charge in [-0.2, -0.15) is 0 Å². The summed E-state index contributed by atoms with van der Waals surface area (Å²) < 4.78 is 7.20. The van der Waals surface area contributed by atoms with Crippen molar-refractivity contribution in [2.45, 2.75) is 6.54 Å². The molecule has 4 nitrogen and oxygen atoms in total. The number of nitrogens with one attached hydrogen (secondary N) is 1. The second-order valence-electron chi connectivity index (χ2n) is 3.46. The first-order chi connectivity index (χ1) is 8.31. The van der Waals surface area contributed by atoms with Crippen LogP contribution in [0, 0.1) is 0 Å². The third kappa shape index (κ3) is 2.32. The normalized spacial score (nSPS) is 10.9. The molecule has 0 aliphatic heterocycles. The molecule has 3 aromatic rings. The zero-order chi connectivity index (χ0) is 11.7. The third-order valence-electron chi connectivity index (χ3n) is 2.25. The summed E-state index contributed by atoms with van der Waals surface area (Å²) in [4.78, 5) is 4.49. The third-order valence-corrected chi connectivity index (χ3v) is 3.74. The van der Waals surface area contributed by atoms with Crippen molar-refractivity contribution in [3.8, 4) is 0 Å². The number of aromatic nitrogens is 2. The van der Waals surface area contributed by atoms with Crippen LogP contribution in [0.25, 0.3) is 10.2 Å². The van der Waals surface area contributed by atoms with Crippen LogP contribution >= 0.6 is 27.3 Å². The van der Waals surface area contributed by atoms with E-state index in [-0.39, 0.29) is 0 Å². The molecule has 3 rings (SSSR count). The molecule has 0 unspecified atom stereocenters. The fraction of sp³-hybridized carbons (Fsp3) is 0.0909. The van der Waals surface area contributed by atoms with Gasteiger partial charge in [-0.25, -0.2) is 4.98 Å². The van der Waals surface area contributed by atoms with Crippen LogP contribution < -0.4 is 5.32 Å². The van der Waals surface area contributed by atoms with E-state index < -0.39 is 0 Å². The second kappa shape index (κ2) is 4.46. The van der Waals surface area contributed by atoms with Crippen LogP contribution in [0.3, 0.4) is 0 Å². The van der Waals surface area contributed by atoms with Gasteiger partial charge < -0.3 is 9.84 Å². The molecule has 0 atom stereocenters. The van der Waals surface area contributed by atoms with E-state index in [1.807, 2.05) is 18.2 Å². The zero-order valence-electron chi connectivity index (χ0n) is 8.68. The number of hydrogen-bond acceptors (Lipinski definition) is 5. The summed E-state index contributed by atoms with van der Waals surface area (Å²) in [5.74, 6) is 0.797. The molecule has 0 fully saturated rings. The summed E-state index contributed by atoms with van der Waals surface area (Å²) >= 11 is 5.06. The highest BCUT2D eigenvalue weighted by Crippen LogP contribution is 2.28. The lowest BCUT2D eigenvalue weighted by molar-refractivity contribution is 0.388. The van der Waals surface area contributed by atoms with Crippen molar-refractivity contribution in [3.05, 3.63) is 40.7 Å². The van der Waals surface area contributed by atoms with Crippen molar-refractivity contribution in [1.29, 1.82) is 0 Å². The smallest absolute Gasteiger partial charge is 0.184 e. The summed E-state index contributed by atoms with van der Waals surface area (Å²) in [6.45, 7) is 0.598. The monoisotopic (exact) mass is 309 g/mol. The Morgan fingerprint density at radius 2 is 2.29 bits per heavy atom. The Morgan fingerprint density at radius 1 is 1.35 bits per heavy atom. The number of anilines is 1. The van der Waals surface area contributed by atoms with Crippen LogP contribution in [0.2, 0.25) is 0 Å². The van der Waals surface area contributed by atoms with Gasteiger partial charge in [-0.05, 0) is 18.2 Å². The highest BCUT2D eigenvalue weighted by Gasteiger charge is 2.04. The van der Waals surface area contributed by atoms with Gasteiger partial charge in [0, 0.05) is 10.5 Å². The molecule has 6 heteroatoms. The Labute approximate surface area is 110 Å². The Kier molecular flexibility index (Phi) is 2.82. The summed E-state index contributed by atoms with van der Waals surface area (Å²) in [6, 6.07) is 7.90. The molecule has 0 aliphatic carbocycles.